The Morgan fingerprint density at radius 1 is 1.28 bits per heavy atom. The zero-order chi connectivity index (χ0) is 12.8. The Morgan fingerprint density at radius 2 is 2.17 bits per heavy atom. The van der Waals surface area contributed by atoms with Crippen LogP contribution in [-0.2, 0) is 6.54 Å². The molecular weight excluding hydrogens is 224 g/mol. The van der Waals surface area contributed by atoms with Crippen LogP contribution in [0.5, 0.6) is 5.75 Å². The topological polar surface area (TPSA) is 37.0 Å². The molecule has 0 radical (unpaired) electrons. The van der Waals surface area contributed by atoms with E-state index in [2.05, 4.69) is 48.4 Å². The van der Waals surface area contributed by atoms with Gasteiger partial charge in [-0.3, -0.25) is 0 Å². The molecule has 0 aliphatic rings. The Morgan fingerprint density at radius 3 is 2.89 bits per heavy atom. The highest BCUT2D eigenvalue weighted by atomic mass is 16.5. The summed E-state index contributed by atoms with van der Waals surface area (Å²) < 4.78 is 5.76. The molecule has 2 rings (SSSR count). The van der Waals surface area contributed by atoms with Crippen LogP contribution in [0.3, 0.4) is 0 Å². The maximum absolute atomic E-state index is 5.76. The van der Waals surface area contributed by atoms with Crippen LogP contribution in [0, 0.1) is 6.92 Å². The van der Waals surface area contributed by atoms with Gasteiger partial charge in [0.05, 0.1) is 18.8 Å². The number of hydrogen-bond donors (Lipinski definition) is 2. The van der Waals surface area contributed by atoms with E-state index in [0.29, 0.717) is 0 Å². The Labute approximate surface area is 108 Å². The van der Waals surface area contributed by atoms with E-state index in [1.165, 1.54) is 5.56 Å². The summed E-state index contributed by atoms with van der Waals surface area (Å²) in [5.41, 5.74) is 3.42. The van der Waals surface area contributed by atoms with E-state index in [-0.39, 0.29) is 0 Å². The number of nitrogens with one attached hydrogen (secondary N) is 2. The normalized spacial score (nSPS) is 10.3. The summed E-state index contributed by atoms with van der Waals surface area (Å²) in [6, 6.07) is 10.3. The first-order chi connectivity index (χ1) is 8.79. The van der Waals surface area contributed by atoms with Gasteiger partial charge in [0.25, 0.3) is 0 Å². The van der Waals surface area contributed by atoms with E-state index in [1.807, 2.05) is 12.3 Å². The molecule has 96 valence electrons. The highest BCUT2D eigenvalue weighted by Gasteiger charge is 2.04. The van der Waals surface area contributed by atoms with Crippen molar-refractivity contribution in [2.24, 2.45) is 0 Å². The lowest BCUT2D eigenvalue weighted by Crippen LogP contribution is -2.04. The standard InChI is InChI=1S/C15H20N2O/c1-3-9-18-15-10-12(2)6-7-14(15)17-11-13-5-4-8-16-13/h4-8,10,16-17H,3,9,11H2,1-2H3. The second kappa shape index (κ2) is 6.15. The summed E-state index contributed by atoms with van der Waals surface area (Å²) in [5.74, 6) is 0.934. The molecule has 0 spiro atoms. The molecule has 3 nitrogen and oxygen atoms in total. The summed E-state index contributed by atoms with van der Waals surface area (Å²) in [6.45, 7) is 5.72. The van der Waals surface area contributed by atoms with E-state index in [1.54, 1.807) is 0 Å². The molecule has 2 N–H and O–H groups in total. The van der Waals surface area contributed by atoms with E-state index in [0.717, 1.165) is 36.7 Å². The Bertz CT molecular complexity index is 477. The number of aryl methyl sites for hydroxylation is 1. The van der Waals surface area contributed by atoms with Crippen molar-refractivity contribution in [3.05, 3.63) is 47.8 Å². The van der Waals surface area contributed by atoms with Crippen LogP contribution in [-0.4, -0.2) is 11.6 Å². The molecule has 1 aromatic heterocycles. The van der Waals surface area contributed by atoms with Crippen LogP contribution < -0.4 is 10.1 Å². The van der Waals surface area contributed by atoms with E-state index in [9.17, 15) is 0 Å². The summed E-state index contributed by atoms with van der Waals surface area (Å²) >= 11 is 0. The molecular formula is C15H20N2O. The van der Waals surface area contributed by atoms with Gasteiger partial charge in [0.15, 0.2) is 0 Å². The quantitative estimate of drug-likeness (QED) is 0.812. The fraction of sp³-hybridized carbons (Fsp3) is 0.333. The summed E-state index contributed by atoms with van der Waals surface area (Å²) in [6.07, 6.45) is 2.95. The average molecular weight is 244 g/mol. The van der Waals surface area contributed by atoms with Crippen molar-refractivity contribution in [3.8, 4) is 5.75 Å². The molecule has 0 saturated carbocycles. The van der Waals surface area contributed by atoms with Gasteiger partial charge < -0.3 is 15.0 Å². The maximum atomic E-state index is 5.76. The monoisotopic (exact) mass is 244 g/mol. The molecule has 0 atom stereocenters. The van der Waals surface area contributed by atoms with Crippen molar-refractivity contribution in [2.75, 3.05) is 11.9 Å². The number of aromatic amines is 1. The number of H-pyrrole nitrogens is 1. The summed E-state index contributed by atoms with van der Waals surface area (Å²) in [5, 5.41) is 3.40. The zero-order valence-electron chi connectivity index (χ0n) is 11.0. The predicted octanol–water partition coefficient (Wildman–Crippen LogP) is 3.72. The van der Waals surface area contributed by atoms with Crippen LogP contribution in [0.1, 0.15) is 24.6 Å². The second-order valence-electron chi connectivity index (χ2n) is 4.40. The van der Waals surface area contributed by atoms with Gasteiger partial charge >= 0.3 is 0 Å². The first-order valence-corrected chi connectivity index (χ1v) is 6.39. The average Bonchev–Trinajstić information content (AvgIpc) is 2.88. The van der Waals surface area contributed by atoms with Crippen LogP contribution in [0.15, 0.2) is 36.5 Å². The van der Waals surface area contributed by atoms with Crippen molar-refractivity contribution < 1.29 is 4.74 Å². The summed E-state index contributed by atoms with van der Waals surface area (Å²) in [7, 11) is 0. The van der Waals surface area contributed by atoms with Crippen LogP contribution >= 0.6 is 0 Å². The molecule has 0 unspecified atom stereocenters. The zero-order valence-corrected chi connectivity index (χ0v) is 11.0. The molecule has 0 aliphatic heterocycles. The minimum atomic E-state index is 0.751. The molecule has 0 fully saturated rings. The van der Waals surface area contributed by atoms with Gasteiger partial charge in [-0.2, -0.15) is 0 Å². The SMILES string of the molecule is CCCOc1cc(C)ccc1NCc1ccc[nH]1. The first kappa shape index (κ1) is 12.6. The second-order valence-corrected chi connectivity index (χ2v) is 4.40. The van der Waals surface area contributed by atoms with E-state index >= 15 is 0 Å². The van der Waals surface area contributed by atoms with Crippen molar-refractivity contribution in [2.45, 2.75) is 26.8 Å². The third kappa shape index (κ3) is 3.29. The molecule has 0 bridgehead atoms. The highest BCUT2D eigenvalue weighted by Crippen LogP contribution is 2.26. The molecule has 1 heterocycles. The van der Waals surface area contributed by atoms with Crippen molar-refractivity contribution in [1.29, 1.82) is 0 Å². The van der Waals surface area contributed by atoms with E-state index < -0.39 is 0 Å². The van der Waals surface area contributed by atoms with Crippen LogP contribution in [0.2, 0.25) is 0 Å². The smallest absolute Gasteiger partial charge is 0.142 e. The number of benzene rings is 1. The molecule has 0 amide bonds. The molecule has 1 aromatic carbocycles. The molecule has 18 heavy (non-hydrogen) atoms. The van der Waals surface area contributed by atoms with Gasteiger partial charge in [-0.15, -0.1) is 0 Å². The van der Waals surface area contributed by atoms with Gasteiger partial charge in [-0.25, -0.2) is 0 Å². The van der Waals surface area contributed by atoms with Gasteiger partial charge in [0, 0.05) is 11.9 Å². The minimum absolute atomic E-state index is 0.751. The van der Waals surface area contributed by atoms with Crippen LogP contribution in [0.25, 0.3) is 0 Å². The van der Waals surface area contributed by atoms with Gasteiger partial charge in [-0.05, 0) is 43.2 Å². The lowest BCUT2D eigenvalue weighted by Gasteiger charge is -2.13. The van der Waals surface area contributed by atoms with E-state index in [4.69, 9.17) is 4.74 Å². The number of aromatic nitrogens is 1. The Balaban J connectivity index is 2.05. The fourth-order valence-corrected chi connectivity index (χ4v) is 1.77. The fourth-order valence-electron chi connectivity index (χ4n) is 1.77. The number of anilines is 1. The van der Waals surface area contributed by atoms with Crippen molar-refractivity contribution in [1.82, 2.24) is 4.98 Å². The lowest BCUT2D eigenvalue weighted by molar-refractivity contribution is 0.318. The molecule has 3 heteroatoms. The van der Waals surface area contributed by atoms with Crippen LogP contribution in [0.4, 0.5) is 5.69 Å². The number of ether oxygens (including phenoxy) is 1. The predicted molar refractivity (Wildman–Crippen MR) is 75.1 cm³/mol. The number of hydrogen-bond acceptors (Lipinski definition) is 2. The molecule has 0 aliphatic carbocycles. The third-order valence-corrected chi connectivity index (χ3v) is 2.73. The molecule has 0 saturated heterocycles. The number of rotatable bonds is 6. The third-order valence-electron chi connectivity index (χ3n) is 2.73. The lowest BCUT2D eigenvalue weighted by atomic mass is 10.2. The summed E-state index contributed by atoms with van der Waals surface area (Å²) in [4.78, 5) is 3.18. The van der Waals surface area contributed by atoms with Gasteiger partial charge in [-0.1, -0.05) is 13.0 Å². The van der Waals surface area contributed by atoms with Crippen molar-refractivity contribution in [3.63, 3.8) is 0 Å². The molecule has 2 aromatic rings. The van der Waals surface area contributed by atoms with Crippen molar-refractivity contribution >= 4 is 5.69 Å². The maximum Gasteiger partial charge on any atom is 0.142 e. The highest BCUT2D eigenvalue weighted by molar-refractivity contribution is 5.57. The minimum Gasteiger partial charge on any atom is -0.491 e. The Kier molecular flexibility index (Phi) is 4.29. The largest absolute Gasteiger partial charge is 0.491 e. The van der Waals surface area contributed by atoms with Gasteiger partial charge in [0.2, 0.25) is 0 Å². The van der Waals surface area contributed by atoms with Gasteiger partial charge in [0.1, 0.15) is 5.75 Å². The first-order valence-electron chi connectivity index (χ1n) is 6.39. The Hall–Kier alpha value is -1.90.